The van der Waals surface area contributed by atoms with Gasteiger partial charge in [0.15, 0.2) is 10.9 Å². The molecule has 0 unspecified atom stereocenters. The number of aryl methyl sites for hydroxylation is 3. The monoisotopic (exact) mass is 517 g/mol. The molecule has 0 atom stereocenters. The summed E-state index contributed by atoms with van der Waals surface area (Å²) in [6.07, 6.45) is 7.81. The van der Waals surface area contributed by atoms with Crippen molar-refractivity contribution in [3.63, 3.8) is 0 Å². The van der Waals surface area contributed by atoms with Crippen molar-refractivity contribution in [1.29, 1.82) is 0 Å². The van der Waals surface area contributed by atoms with E-state index >= 15 is 0 Å². The van der Waals surface area contributed by atoms with Crippen molar-refractivity contribution in [3.8, 4) is 11.3 Å². The molecule has 0 N–H and O–H groups in total. The molecule has 0 amide bonds. The van der Waals surface area contributed by atoms with Gasteiger partial charge in [0.05, 0.1) is 4.70 Å². The highest BCUT2D eigenvalue weighted by Gasteiger charge is 2.44. The van der Waals surface area contributed by atoms with Crippen LogP contribution in [0.1, 0.15) is 66.0 Å². The van der Waals surface area contributed by atoms with Crippen molar-refractivity contribution in [1.82, 2.24) is 10.1 Å². The topological polar surface area (TPSA) is 42.2 Å². The van der Waals surface area contributed by atoms with Crippen LogP contribution in [-0.2, 0) is 0 Å². The molecule has 1 spiro atoms. The highest BCUT2D eigenvalue weighted by atomic mass is 32.1. The zero-order valence-electron chi connectivity index (χ0n) is 21.3. The molecule has 1 aliphatic heterocycles. The fourth-order valence-electron chi connectivity index (χ4n) is 6.28. The fourth-order valence-corrected chi connectivity index (χ4v) is 7.41. The molecule has 0 bridgehead atoms. The van der Waals surface area contributed by atoms with Crippen LogP contribution in [0.3, 0.4) is 0 Å². The summed E-state index contributed by atoms with van der Waals surface area (Å²) in [4.78, 5) is 6.94. The molecule has 0 radical (unpaired) electrons. The summed E-state index contributed by atoms with van der Waals surface area (Å²) in [5.74, 6) is 0.995. The molecular formula is C30H29F2N3OS. The number of thiazole rings is 1. The number of allylic oxidation sites excluding steroid dienone is 2. The number of fused-ring (bicyclic) bond motifs is 1. The van der Waals surface area contributed by atoms with Gasteiger partial charge in [-0.2, -0.15) is 0 Å². The standard InChI is InChI=1S/C30H29F2N3OS/c1-16-10-22(32)26-23(11-16)37-29(33-26)35-8-6-30(7-9-35)14-20(15-30)25-27(34-36-28(25)19-4-5-19)24-17(2)12-21(31)13-18(24)3/h10-14,19H,4-9,15H2,1-3H3. The second-order valence-electron chi connectivity index (χ2n) is 11.2. The quantitative estimate of drug-likeness (QED) is 0.274. The molecule has 1 saturated carbocycles. The van der Waals surface area contributed by atoms with Crippen LogP contribution in [0.4, 0.5) is 13.9 Å². The number of hydrogen-bond acceptors (Lipinski definition) is 5. The van der Waals surface area contributed by atoms with E-state index in [1.54, 1.807) is 29.5 Å². The highest BCUT2D eigenvalue weighted by Crippen LogP contribution is 2.56. The molecular weight excluding hydrogens is 488 g/mol. The molecule has 7 rings (SSSR count). The maximum Gasteiger partial charge on any atom is 0.186 e. The van der Waals surface area contributed by atoms with Gasteiger partial charge < -0.3 is 9.42 Å². The molecule has 1 saturated heterocycles. The van der Waals surface area contributed by atoms with Crippen molar-refractivity contribution in [2.45, 2.75) is 58.8 Å². The van der Waals surface area contributed by atoms with Crippen molar-refractivity contribution < 1.29 is 13.3 Å². The third kappa shape index (κ3) is 3.81. The SMILES string of the molecule is Cc1cc(F)c2nc(N3CCC4(C=C(c5c(-c6c(C)cc(F)cc6C)noc5C5CC5)C4)CC3)sc2c1. The van der Waals surface area contributed by atoms with Crippen LogP contribution >= 0.6 is 11.3 Å². The van der Waals surface area contributed by atoms with E-state index in [1.165, 1.54) is 5.57 Å². The first kappa shape index (κ1) is 23.1. The second-order valence-corrected chi connectivity index (χ2v) is 12.3. The number of anilines is 1. The Morgan fingerprint density at radius 1 is 1.00 bits per heavy atom. The molecule has 7 heteroatoms. The first-order valence-electron chi connectivity index (χ1n) is 13.1. The first-order valence-corrected chi connectivity index (χ1v) is 13.9. The summed E-state index contributed by atoms with van der Waals surface area (Å²) in [5, 5.41) is 5.45. The van der Waals surface area contributed by atoms with Gasteiger partial charge in [0.2, 0.25) is 0 Å². The lowest BCUT2D eigenvalue weighted by Gasteiger charge is -2.46. The van der Waals surface area contributed by atoms with E-state index in [4.69, 9.17) is 4.52 Å². The Kier molecular flexibility index (Phi) is 5.13. The minimum Gasteiger partial charge on any atom is -0.360 e. The lowest BCUT2D eigenvalue weighted by Crippen LogP contribution is -2.42. The van der Waals surface area contributed by atoms with Crippen molar-refractivity contribution >= 4 is 32.3 Å². The van der Waals surface area contributed by atoms with Crippen LogP contribution < -0.4 is 4.90 Å². The Morgan fingerprint density at radius 2 is 1.70 bits per heavy atom. The Balaban J connectivity index is 1.16. The first-order chi connectivity index (χ1) is 17.8. The third-order valence-electron chi connectivity index (χ3n) is 8.36. The van der Waals surface area contributed by atoms with E-state index in [2.05, 4.69) is 21.1 Å². The Morgan fingerprint density at radius 3 is 2.38 bits per heavy atom. The van der Waals surface area contributed by atoms with Gasteiger partial charge in [-0.3, -0.25) is 0 Å². The maximum absolute atomic E-state index is 14.4. The van der Waals surface area contributed by atoms with E-state index in [9.17, 15) is 8.78 Å². The van der Waals surface area contributed by atoms with E-state index in [-0.39, 0.29) is 17.0 Å². The molecule has 2 aromatic carbocycles. The summed E-state index contributed by atoms with van der Waals surface area (Å²) in [5.41, 5.74) is 7.67. The number of piperidine rings is 1. The van der Waals surface area contributed by atoms with E-state index in [1.807, 2.05) is 26.8 Å². The number of nitrogens with zero attached hydrogens (tertiary/aromatic N) is 3. The zero-order valence-corrected chi connectivity index (χ0v) is 22.1. The maximum atomic E-state index is 14.4. The fraction of sp³-hybridized carbons (Fsp3) is 0.400. The van der Waals surface area contributed by atoms with Crippen LogP contribution in [0.2, 0.25) is 0 Å². The summed E-state index contributed by atoms with van der Waals surface area (Å²) < 4.78 is 35.3. The number of halogens is 2. The van der Waals surface area contributed by atoms with Gasteiger partial charge in [0, 0.05) is 30.1 Å². The molecule has 2 aromatic heterocycles. The molecule has 4 aromatic rings. The predicted octanol–water partition coefficient (Wildman–Crippen LogP) is 8.11. The smallest absolute Gasteiger partial charge is 0.186 e. The van der Waals surface area contributed by atoms with Gasteiger partial charge in [-0.05, 0) is 105 Å². The molecule has 3 aliphatic rings. The number of aromatic nitrogens is 2. The minimum absolute atomic E-state index is 0.173. The van der Waals surface area contributed by atoms with Gasteiger partial charge >= 0.3 is 0 Å². The third-order valence-corrected chi connectivity index (χ3v) is 9.42. The van der Waals surface area contributed by atoms with Gasteiger partial charge in [0.1, 0.15) is 22.8 Å². The second kappa shape index (κ2) is 8.22. The zero-order chi connectivity index (χ0) is 25.5. The van der Waals surface area contributed by atoms with Crippen LogP contribution in [0.5, 0.6) is 0 Å². The Labute approximate surface area is 219 Å². The van der Waals surface area contributed by atoms with Crippen molar-refractivity contribution in [2.24, 2.45) is 5.41 Å². The van der Waals surface area contributed by atoms with Crippen LogP contribution in [0, 0.1) is 37.8 Å². The Bertz CT molecular complexity index is 1560. The molecule has 2 fully saturated rings. The van der Waals surface area contributed by atoms with Crippen LogP contribution in [-0.4, -0.2) is 23.2 Å². The van der Waals surface area contributed by atoms with E-state index in [0.717, 1.165) is 94.3 Å². The number of benzene rings is 2. The normalized spacial score (nSPS) is 18.9. The largest absolute Gasteiger partial charge is 0.360 e. The number of hydrogen-bond donors (Lipinski definition) is 0. The molecule has 3 heterocycles. The van der Waals surface area contributed by atoms with Gasteiger partial charge in [-0.1, -0.05) is 22.6 Å². The lowest BCUT2D eigenvalue weighted by atomic mass is 9.63. The highest BCUT2D eigenvalue weighted by molar-refractivity contribution is 7.22. The van der Waals surface area contributed by atoms with E-state index < -0.39 is 0 Å². The predicted molar refractivity (Wildman–Crippen MR) is 144 cm³/mol. The summed E-state index contributed by atoms with van der Waals surface area (Å²) in [6.45, 7) is 7.63. The lowest BCUT2D eigenvalue weighted by molar-refractivity contribution is 0.277. The average molecular weight is 518 g/mol. The summed E-state index contributed by atoms with van der Waals surface area (Å²) in [7, 11) is 0. The van der Waals surface area contributed by atoms with Crippen LogP contribution in [0.15, 0.2) is 34.9 Å². The summed E-state index contributed by atoms with van der Waals surface area (Å²) in [6, 6.07) is 6.74. The number of rotatable bonds is 4. The molecule has 190 valence electrons. The van der Waals surface area contributed by atoms with Crippen LogP contribution in [0.25, 0.3) is 27.0 Å². The van der Waals surface area contributed by atoms with Crippen molar-refractivity contribution in [2.75, 3.05) is 18.0 Å². The van der Waals surface area contributed by atoms with Gasteiger partial charge in [0.25, 0.3) is 0 Å². The minimum atomic E-state index is -0.236. The molecule has 4 nitrogen and oxygen atoms in total. The average Bonchev–Trinajstić information content (AvgIpc) is 3.43. The molecule has 2 aliphatic carbocycles. The molecule has 37 heavy (non-hydrogen) atoms. The van der Waals surface area contributed by atoms with E-state index in [0.29, 0.717) is 11.4 Å². The van der Waals surface area contributed by atoms with Gasteiger partial charge in [-0.25, -0.2) is 13.8 Å². The Hall–Kier alpha value is -3.06. The van der Waals surface area contributed by atoms with Gasteiger partial charge in [-0.15, -0.1) is 0 Å². The summed E-state index contributed by atoms with van der Waals surface area (Å²) >= 11 is 1.58. The van der Waals surface area contributed by atoms with Crippen molar-refractivity contribution in [3.05, 3.63) is 70.0 Å².